The molecule has 1 aromatic rings. The first kappa shape index (κ1) is 13.8. The van der Waals surface area contributed by atoms with Crippen LogP contribution in [0, 0.1) is 29.1 Å². The van der Waals surface area contributed by atoms with Gasteiger partial charge < -0.3 is 0 Å². The topological polar surface area (TPSA) is 17.1 Å². The molecule has 9 heteroatoms. The highest BCUT2D eigenvalue weighted by Gasteiger charge is 2.42. The number of hydrogen-bond acceptors (Lipinski definition) is 1. The van der Waals surface area contributed by atoms with E-state index >= 15 is 0 Å². The van der Waals surface area contributed by atoms with Gasteiger partial charge in [-0.05, 0) is 11.6 Å². The van der Waals surface area contributed by atoms with E-state index in [0.29, 0.717) is 0 Å². The Morgan fingerprint density at radius 2 is 1.12 bits per heavy atom. The van der Waals surface area contributed by atoms with Crippen LogP contribution in [0.4, 0.5) is 30.7 Å². The second kappa shape index (κ2) is 4.17. The second-order valence-electron chi connectivity index (χ2n) is 2.77. The summed E-state index contributed by atoms with van der Waals surface area (Å²) >= 11 is 4.15. The number of carbonyl (C=O) groups excluding carboxylic acids is 1. The van der Waals surface area contributed by atoms with Crippen molar-refractivity contribution >= 4 is 17.4 Å². The Hall–Kier alpha value is -1.31. The summed E-state index contributed by atoms with van der Waals surface area (Å²) in [5, 5.41) is -4.78. The molecule has 0 aliphatic heterocycles. The van der Waals surface area contributed by atoms with E-state index in [1.807, 2.05) is 0 Å². The van der Waals surface area contributed by atoms with Gasteiger partial charge in [-0.15, -0.1) is 0 Å². The van der Waals surface area contributed by atoms with Crippen LogP contribution in [0.15, 0.2) is 0 Å². The van der Waals surface area contributed by atoms with Gasteiger partial charge in [0.15, 0.2) is 23.3 Å². The van der Waals surface area contributed by atoms with Crippen LogP contribution in [0.2, 0.25) is 0 Å². The molecule has 17 heavy (non-hydrogen) atoms. The van der Waals surface area contributed by atoms with Crippen molar-refractivity contribution in [3.05, 3.63) is 34.6 Å². The molecule has 0 bridgehead atoms. The fraction of sp³-hybridized carbons (Fsp3) is 0.125. The van der Waals surface area contributed by atoms with Crippen LogP contribution in [-0.4, -0.2) is 11.2 Å². The third-order valence-electron chi connectivity index (χ3n) is 1.69. The Kier molecular flexibility index (Phi) is 3.37. The number of rotatable bonds is 2. The third kappa shape index (κ3) is 2.21. The smallest absolute Gasteiger partial charge is 0.286 e. The summed E-state index contributed by atoms with van der Waals surface area (Å²) in [5.74, 6) is -15.6. The van der Waals surface area contributed by atoms with Crippen LogP contribution in [0.1, 0.15) is 10.4 Å². The number of alkyl halides is 3. The number of ketones is 1. The molecule has 0 saturated carbocycles. The monoisotopic (exact) mass is 280 g/mol. The lowest BCUT2D eigenvalue weighted by molar-refractivity contribution is 0.0523. The van der Waals surface area contributed by atoms with Crippen LogP contribution in [0.3, 0.4) is 0 Å². The maximum absolute atomic E-state index is 12.8. The number of Topliss-reactive ketones (excluding diaryl/α,β-unsaturated/α-hetero) is 1. The maximum atomic E-state index is 12.8. The van der Waals surface area contributed by atoms with Gasteiger partial charge in [0.2, 0.25) is 5.82 Å². The Morgan fingerprint density at radius 1 is 0.824 bits per heavy atom. The lowest BCUT2D eigenvalue weighted by Crippen LogP contribution is -2.25. The molecule has 0 amide bonds. The highest BCUT2D eigenvalue weighted by Crippen LogP contribution is 2.30. The highest BCUT2D eigenvalue weighted by atomic mass is 35.5. The first-order chi connectivity index (χ1) is 7.59. The van der Waals surface area contributed by atoms with E-state index < -0.39 is 45.8 Å². The predicted octanol–water partition coefficient (Wildman–Crippen LogP) is 3.40. The van der Waals surface area contributed by atoms with E-state index in [1.54, 1.807) is 0 Å². The summed E-state index contributed by atoms with van der Waals surface area (Å²) < 4.78 is 87.8. The van der Waals surface area contributed by atoms with Crippen LogP contribution in [-0.2, 0) is 0 Å². The first-order valence-corrected chi connectivity index (χ1v) is 4.09. The average molecular weight is 281 g/mol. The lowest BCUT2D eigenvalue weighted by Gasteiger charge is -2.10. The maximum Gasteiger partial charge on any atom is 0.385 e. The van der Waals surface area contributed by atoms with Crippen molar-refractivity contribution in [1.82, 2.24) is 0 Å². The molecule has 0 heterocycles. The van der Waals surface area contributed by atoms with E-state index in [4.69, 9.17) is 0 Å². The fourth-order valence-electron chi connectivity index (χ4n) is 0.946. The van der Waals surface area contributed by atoms with Crippen molar-refractivity contribution in [1.29, 1.82) is 0 Å². The molecule has 0 N–H and O–H groups in total. The number of halogens is 8. The minimum Gasteiger partial charge on any atom is -0.286 e. The molecule has 0 aliphatic carbocycles. The minimum absolute atomic E-state index is 2.28. The summed E-state index contributed by atoms with van der Waals surface area (Å²) in [4.78, 5) is 10.7. The quantitative estimate of drug-likeness (QED) is 0.267. The summed E-state index contributed by atoms with van der Waals surface area (Å²) in [6.45, 7) is 0. The van der Waals surface area contributed by atoms with E-state index in [2.05, 4.69) is 11.6 Å². The fourth-order valence-corrected chi connectivity index (χ4v) is 1.04. The van der Waals surface area contributed by atoms with Crippen LogP contribution in [0.5, 0.6) is 0 Å². The zero-order valence-corrected chi connectivity index (χ0v) is 8.19. The standard InChI is InChI=1S/C8ClF7O/c9-8(15,16)7(17)1-2(10)4(12)6(14)5(13)3(1)11. The molecule has 0 aromatic heterocycles. The molecule has 0 atom stereocenters. The SMILES string of the molecule is O=C(c1c(F)c(F)c(F)c(F)c1F)C(F)(F)Cl. The van der Waals surface area contributed by atoms with Crippen molar-refractivity contribution in [2.24, 2.45) is 0 Å². The van der Waals surface area contributed by atoms with Crippen molar-refractivity contribution in [2.75, 3.05) is 0 Å². The molecular formula is C8ClF7O. The largest absolute Gasteiger partial charge is 0.385 e. The summed E-state index contributed by atoms with van der Waals surface area (Å²) in [7, 11) is 0. The zero-order chi connectivity index (χ0) is 13.5. The normalized spacial score (nSPS) is 11.8. The van der Waals surface area contributed by atoms with Crippen molar-refractivity contribution in [3.63, 3.8) is 0 Å². The molecule has 0 spiro atoms. The van der Waals surface area contributed by atoms with Crippen LogP contribution < -0.4 is 0 Å². The number of benzene rings is 1. The summed E-state index contributed by atoms with van der Waals surface area (Å²) in [6.07, 6.45) is 0. The zero-order valence-electron chi connectivity index (χ0n) is 7.43. The molecule has 0 fully saturated rings. The van der Waals surface area contributed by atoms with Crippen LogP contribution in [0.25, 0.3) is 0 Å². The van der Waals surface area contributed by atoms with E-state index in [9.17, 15) is 35.5 Å². The van der Waals surface area contributed by atoms with E-state index in [1.165, 1.54) is 0 Å². The summed E-state index contributed by atoms with van der Waals surface area (Å²) in [6, 6.07) is 0. The molecule has 0 saturated heterocycles. The molecule has 1 aromatic carbocycles. The van der Waals surface area contributed by atoms with Crippen molar-refractivity contribution in [3.8, 4) is 0 Å². The number of carbonyl (C=O) groups is 1. The molecular weight excluding hydrogens is 281 g/mol. The Labute approximate surface area is 93.8 Å². The third-order valence-corrected chi connectivity index (χ3v) is 1.87. The van der Waals surface area contributed by atoms with Crippen molar-refractivity contribution < 1.29 is 35.5 Å². The average Bonchev–Trinajstić information content (AvgIpc) is 2.22. The van der Waals surface area contributed by atoms with Gasteiger partial charge in [0.05, 0.1) is 0 Å². The van der Waals surface area contributed by atoms with Gasteiger partial charge in [0, 0.05) is 0 Å². The van der Waals surface area contributed by atoms with Gasteiger partial charge >= 0.3 is 5.38 Å². The second-order valence-corrected chi connectivity index (χ2v) is 3.25. The van der Waals surface area contributed by atoms with Gasteiger partial charge in [-0.2, -0.15) is 8.78 Å². The van der Waals surface area contributed by atoms with Crippen molar-refractivity contribution in [2.45, 2.75) is 5.38 Å². The van der Waals surface area contributed by atoms with Gasteiger partial charge in [-0.3, -0.25) is 4.79 Å². The van der Waals surface area contributed by atoms with Gasteiger partial charge in [0.1, 0.15) is 5.56 Å². The Morgan fingerprint density at radius 3 is 1.41 bits per heavy atom. The predicted molar refractivity (Wildman–Crippen MR) is 41.4 cm³/mol. The molecule has 1 nitrogen and oxygen atoms in total. The summed E-state index contributed by atoms with van der Waals surface area (Å²) in [5.41, 5.74) is -2.28. The van der Waals surface area contributed by atoms with Gasteiger partial charge in [-0.1, -0.05) is 0 Å². The minimum atomic E-state index is -4.78. The molecule has 0 unspecified atom stereocenters. The molecule has 1 rings (SSSR count). The number of hydrogen-bond donors (Lipinski definition) is 0. The Balaban J connectivity index is 3.62. The van der Waals surface area contributed by atoms with Crippen LogP contribution >= 0.6 is 11.6 Å². The molecule has 94 valence electrons. The van der Waals surface area contributed by atoms with E-state index in [0.717, 1.165) is 0 Å². The van der Waals surface area contributed by atoms with Gasteiger partial charge in [-0.25, -0.2) is 22.0 Å². The lowest BCUT2D eigenvalue weighted by atomic mass is 10.1. The van der Waals surface area contributed by atoms with E-state index in [-0.39, 0.29) is 0 Å². The highest BCUT2D eigenvalue weighted by molar-refractivity contribution is 6.35. The van der Waals surface area contributed by atoms with Gasteiger partial charge in [0.25, 0.3) is 5.78 Å². The molecule has 0 radical (unpaired) electrons. The first-order valence-electron chi connectivity index (χ1n) is 3.72. The Bertz CT molecular complexity index is 465. The molecule has 0 aliphatic rings.